The molecule has 0 bridgehead atoms. The van der Waals surface area contributed by atoms with Crippen molar-refractivity contribution in [2.24, 2.45) is 4.99 Å². The van der Waals surface area contributed by atoms with Crippen molar-refractivity contribution in [3.63, 3.8) is 0 Å². The molecule has 6 nitrogen and oxygen atoms in total. The lowest BCUT2D eigenvalue weighted by Gasteiger charge is -2.14. The highest BCUT2D eigenvalue weighted by Crippen LogP contribution is 2.19. The number of rotatable bonds is 8. The SMILES string of the molecule is CCCC(=O)Nc1ccc(CNC(=NC)NCc2ccc(C)cc2OC)cc1. The maximum Gasteiger partial charge on any atom is 0.224 e. The third-order valence-electron chi connectivity index (χ3n) is 4.29. The van der Waals surface area contributed by atoms with Crippen LogP contribution < -0.4 is 20.7 Å². The van der Waals surface area contributed by atoms with Crippen molar-refractivity contribution in [3.8, 4) is 5.75 Å². The zero-order chi connectivity index (χ0) is 20.4. The summed E-state index contributed by atoms with van der Waals surface area (Å²) in [6.07, 6.45) is 1.38. The van der Waals surface area contributed by atoms with Gasteiger partial charge >= 0.3 is 0 Å². The van der Waals surface area contributed by atoms with E-state index in [1.165, 1.54) is 0 Å². The Balaban J connectivity index is 1.86. The van der Waals surface area contributed by atoms with Crippen molar-refractivity contribution in [1.82, 2.24) is 10.6 Å². The smallest absolute Gasteiger partial charge is 0.224 e. The summed E-state index contributed by atoms with van der Waals surface area (Å²) in [5.74, 6) is 1.62. The summed E-state index contributed by atoms with van der Waals surface area (Å²) in [7, 11) is 3.42. The lowest BCUT2D eigenvalue weighted by atomic mass is 10.1. The average molecular weight is 383 g/mol. The van der Waals surface area contributed by atoms with Crippen LogP contribution in [0.2, 0.25) is 0 Å². The highest BCUT2D eigenvalue weighted by atomic mass is 16.5. The molecule has 0 atom stereocenters. The van der Waals surface area contributed by atoms with Crippen LogP contribution in [0.4, 0.5) is 5.69 Å². The molecule has 0 aliphatic rings. The normalized spacial score (nSPS) is 11.1. The Hall–Kier alpha value is -3.02. The lowest BCUT2D eigenvalue weighted by molar-refractivity contribution is -0.116. The Bertz CT molecular complexity index is 801. The third-order valence-corrected chi connectivity index (χ3v) is 4.29. The van der Waals surface area contributed by atoms with Gasteiger partial charge in [-0.1, -0.05) is 31.2 Å². The molecule has 6 heteroatoms. The number of hydrogen-bond donors (Lipinski definition) is 3. The molecule has 0 aliphatic carbocycles. The quantitative estimate of drug-likeness (QED) is 0.482. The van der Waals surface area contributed by atoms with Gasteiger partial charge in [0.05, 0.1) is 7.11 Å². The van der Waals surface area contributed by atoms with Gasteiger partial charge in [0.15, 0.2) is 5.96 Å². The number of hydrogen-bond acceptors (Lipinski definition) is 3. The summed E-state index contributed by atoms with van der Waals surface area (Å²) in [6, 6.07) is 14.0. The molecule has 0 saturated heterocycles. The number of aliphatic imine (C=N–C) groups is 1. The first-order valence-corrected chi connectivity index (χ1v) is 9.52. The van der Waals surface area contributed by atoms with Crippen molar-refractivity contribution >= 4 is 17.6 Å². The lowest BCUT2D eigenvalue weighted by Crippen LogP contribution is -2.36. The van der Waals surface area contributed by atoms with Gasteiger partial charge in [-0.2, -0.15) is 0 Å². The zero-order valence-corrected chi connectivity index (χ0v) is 17.1. The Morgan fingerprint density at radius 2 is 1.79 bits per heavy atom. The average Bonchev–Trinajstić information content (AvgIpc) is 2.70. The molecule has 0 saturated carbocycles. The van der Waals surface area contributed by atoms with Crippen LogP contribution >= 0.6 is 0 Å². The minimum Gasteiger partial charge on any atom is -0.496 e. The number of aryl methyl sites for hydroxylation is 1. The second kappa shape index (κ2) is 11.0. The van der Waals surface area contributed by atoms with Gasteiger partial charge in [0.1, 0.15) is 5.75 Å². The summed E-state index contributed by atoms with van der Waals surface area (Å²) in [5, 5.41) is 9.49. The summed E-state index contributed by atoms with van der Waals surface area (Å²) >= 11 is 0. The molecule has 0 aliphatic heterocycles. The molecule has 2 aromatic carbocycles. The van der Waals surface area contributed by atoms with E-state index in [2.05, 4.69) is 33.1 Å². The van der Waals surface area contributed by atoms with Crippen molar-refractivity contribution in [1.29, 1.82) is 0 Å². The largest absolute Gasteiger partial charge is 0.496 e. The predicted octanol–water partition coefficient (Wildman–Crippen LogP) is 3.61. The van der Waals surface area contributed by atoms with Crippen LogP contribution in [0.3, 0.4) is 0 Å². The topological polar surface area (TPSA) is 74.8 Å². The van der Waals surface area contributed by atoms with Crippen molar-refractivity contribution in [2.45, 2.75) is 39.8 Å². The highest BCUT2D eigenvalue weighted by Gasteiger charge is 2.05. The van der Waals surface area contributed by atoms with Gasteiger partial charge in [-0.05, 0) is 42.7 Å². The standard InChI is InChI=1S/C22H30N4O2/c1-5-6-21(27)26-19-11-8-17(9-12-19)14-24-22(23-3)25-15-18-10-7-16(2)13-20(18)28-4/h7-13H,5-6,14-15H2,1-4H3,(H,26,27)(H2,23,24,25). The van der Waals surface area contributed by atoms with Gasteiger partial charge in [-0.15, -0.1) is 0 Å². The van der Waals surface area contributed by atoms with Gasteiger partial charge in [0.2, 0.25) is 5.91 Å². The van der Waals surface area contributed by atoms with Crippen LogP contribution in [0, 0.1) is 6.92 Å². The van der Waals surface area contributed by atoms with Gasteiger partial charge in [-0.3, -0.25) is 9.79 Å². The molecule has 28 heavy (non-hydrogen) atoms. The van der Waals surface area contributed by atoms with E-state index in [-0.39, 0.29) is 5.91 Å². The molecule has 1 amide bonds. The van der Waals surface area contributed by atoms with Crippen LogP contribution in [-0.4, -0.2) is 26.0 Å². The van der Waals surface area contributed by atoms with Crippen molar-refractivity contribution < 1.29 is 9.53 Å². The Morgan fingerprint density at radius 3 is 2.43 bits per heavy atom. The number of methoxy groups -OCH3 is 1. The summed E-state index contributed by atoms with van der Waals surface area (Å²) in [4.78, 5) is 15.9. The maximum atomic E-state index is 11.6. The number of guanidine groups is 1. The molecule has 0 aromatic heterocycles. The number of carbonyl (C=O) groups is 1. The molecular formula is C22H30N4O2. The molecule has 0 radical (unpaired) electrons. The van der Waals surface area contributed by atoms with Gasteiger partial charge in [0.25, 0.3) is 0 Å². The molecule has 2 rings (SSSR count). The van der Waals surface area contributed by atoms with Gasteiger partial charge in [-0.25, -0.2) is 0 Å². The molecule has 0 heterocycles. The fraction of sp³-hybridized carbons (Fsp3) is 0.364. The number of benzene rings is 2. The molecule has 150 valence electrons. The molecule has 0 unspecified atom stereocenters. The number of ether oxygens (including phenoxy) is 1. The van der Waals surface area contributed by atoms with Crippen LogP contribution in [0.5, 0.6) is 5.75 Å². The van der Waals surface area contributed by atoms with Gasteiger partial charge < -0.3 is 20.7 Å². The minimum absolute atomic E-state index is 0.0458. The van der Waals surface area contributed by atoms with E-state index in [1.54, 1.807) is 14.2 Å². The van der Waals surface area contributed by atoms with Crippen LogP contribution in [-0.2, 0) is 17.9 Å². The number of nitrogens with one attached hydrogen (secondary N) is 3. The second-order valence-corrected chi connectivity index (χ2v) is 6.59. The fourth-order valence-corrected chi connectivity index (χ4v) is 2.74. The predicted molar refractivity (Wildman–Crippen MR) is 115 cm³/mol. The molecule has 3 N–H and O–H groups in total. The molecule has 2 aromatic rings. The van der Waals surface area contributed by atoms with Crippen LogP contribution in [0.25, 0.3) is 0 Å². The molecule has 0 fully saturated rings. The van der Waals surface area contributed by atoms with E-state index in [4.69, 9.17) is 4.74 Å². The first-order valence-electron chi connectivity index (χ1n) is 9.52. The maximum absolute atomic E-state index is 11.6. The van der Waals surface area contributed by atoms with Crippen molar-refractivity contribution in [3.05, 3.63) is 59.2 Å². The number of amides is 1. The third kappa shape index (κ3) is 6.61. The number of carbonyl (C=O) groups excluding carboxylic acids is 1. The Morgan fingerprint density at radius 1 is 1.07 bits per heavy atom. The molecular weight excluding hydrogens is 352 g/mol. The van der Waals surface area contributed by atoms with Crippen molar-refractivity contribution in [2.75, 3.05) is 19.5 Å². The highest BCUT2D eigenvalue weighted by molar-refractivity contribution is 5.90. The monoisotopic (exact) mass is 382 g/mol. The van der Waals surface area contributed by atoms with Crippen LogP contribution in [0.15, 0.2) is 47.5 Å². The van der Waals surface area contributed by atoms with E-state index in [0.717, 1.165) is 34.5 Å². The Kier molecular flexibility index (Phi) is 8.34. The number of anilines is 1. The summed E-state index contributed by atoms with van der Waals surface area (Å²) in [5.41, 5.74) is 4.15. The fourth-order valence-electron chi connectivity index (χ4n) is 2.74. The first kappa shape index (κ1) is 21.3. The van der Waals surface area contributed by atoms with Gasteiger partial charge in [0, 0.05) is 37.8 Å². The van der Waals surface area contributed by atoms with E-state index in [0.29, 0.717) is 25.5 Å². The zero-order valence-electron chi connectivity index (χ0n) is 17.1. The number of nitrogens with zero attached hydrogens (tertiary/aromatic N) is 1. The summed E-state index contributed by atoms with van der Waals surface area (Å²) in [6.45, 7) is 5.28. The second-order valence-electron chi connectivity index (χ2n) is 6.59. The molecule has 0 spiro atoms. The Labute approximate surface area is 167 Å². The first-order chi connectivity index (χ1) is 13.5. The van der Waals surface area contributed by atoms with E-state index in [9.17, 15) is 4.79 Å². The van der Waals surface area contributed by atoms with E-state index >= 15 is 0 Å². The van der Waals surface area contributed by atoms with Crippen LogP contribution in [0.1, 0.15) is 36.5 Å². The van der Waals surface area contributed by atoms with E-state index in [1.807, 2.05) is 44.2 Å². The van der Waals surface area contributed by atoms with E-state index < -0.39 is 0 Å². The minimum atomic E-state index is 0.0458. The summed E-state index contributed by atoms with van der Waals surface area (Å²) < 4.78 is 5.45.